The average Bonchev–Trinajstić information content (AvgIpc) is 2.80. The van der Waals surface area contributed by atoms with E-state index in [0.29, 0.717) is 11.8 Å². The first-order chi connectivity index (χ1) is 15.1. The van der Waals surface area contributed by atoms with E-state index in [1.807, 2.05) is 0 Å². The summed E-state index contributed by atoms with van der Waals surface area (Å²) >= 11 is 0. The molecule has 0 spiro atoms. The van der Waals surface area contributed by atoms with Crippen molar-refractivity contribution in [1.82, 2.24) is 0 Å². The number of nitrogens with one attached hydrogen (secondary N) is 2. The number of rotatable bonds is 6. The largest absolute Gasteiger partial charge is 0.359 e. The van der Waals surface area contributed by atoms with E-state index in [0.717, 1.165) is 35.8 Å². The zero-order chi connectivity index (χ0) is 21.6. The molecule has 2 N–H and O–H groups in total. The lowest BCUT2D eigenvalue weighted by molar-refractivity contribution is -0.120. The predicted molar refractivity (Wildman–Crippen MR) is 131 cm³/mol. The third-order valence-electron chi connectivity index (χ3n) is 8.09. The van der Waals surface area contributed by atoms with Crippen molar-refractivity contribution in [2.75, 3.05) is 10.6 Å². The van der Waals surface area contributed by atoms with Gasteiger partial charge in [-0.05, 0) is 80.0 Å². The van der Waals surface area contributed by atoms with E-state index < -0.39 is 0 Å². The lowest BCUT2D eigenvalue weighted by Crippen LogP contribution is -2.25. The van der Waals surface area contributed by atoms with Gasteiger partial charge in [0.1, 0.15) is 0 Å². The molecule has 0 atom stereocenters. The molecule has 0 aromatic heterocycles. The number of carbonyl (C=O) groups excluding carboxylic acids is 1. The first-order valence-corrected chi connectivity index (χ1v) is 13.0. The van der Waals surface area contributed by atoms with Gasteiger partial charge in [0.2, 0.25) is 5.91 Å². The fourth-order valence-electron chi connectivity index (χ4n) is 5.97. The Morgan fingerprint density at radius 1 is 0.742 bits per heavy atom. The van der Waals surface area contributed by atoms with Crippen LogP contribution in [0.25, 0.3) is 0 Å². The molecule has 3 saturated carbocycles. The van der Waals surface area contributed by atoms with E-state index in [2.05, 4.69) is 42.3 Å². The Labute approximate surface area is 189 Å². The molecule has 0 bridgehead atoms. The highest BCUT2D eigenvalue weighted by Crippen LogP contribution is 2.37. The number of benzene rings is 1. The van der Waals surface area contributed by atoms with Crippen molar-refractivity contribution < 1.29 is 4.79 Å². The molecule has 3 aliphatic rings. The second-order valence-corrected chi connectivity index (χ2v) is 10.6. The highest BCUT2D eigenvalue weighted by atomic mass is 16.1. The third-order valence-corrected chi connectivity index (χ3v) is 8.09. The summed E-state index contributed by atoms with van der Waals surface area (Å²) in [5.41, 5.74) is 4.60. The molecule has 3 fully saturated rings. The van der Waals surface area contributed by atoms with E-state index in [4.69, 9.17) is 0 Å². The van der Waals surface area contributed by atoms with Crippen LogP contribution in [0.1, 0.15) is 108 Å². The second kappa shape index (κ2) is 10.7. The highest BCUT2D eigenvalue weighted by molar-refractivity contribution is 5.93. The lowest BCUT2D eigenvalue weighted by atomic mass is 9.81. The number of anilines is 2. The number of hydrogen-bond donors (Lipinski definition) is 2. The number of carbonyl (C=O) groups is 1. The maximum absolute atomic E-state index is 12.9. The summed E-state index contributed by atoms with van der Waals surface area (Å²) in [6.07, 6.45) is 17.3. The van der Waals surface area contributed by atoms with Crippen LogP contribution < -0.4 is 10.6 Å². The minimum atomic E-state index is 0.183. The molecular formula is C28H42N2O. The predicted octanol–water partition coefficient (Wildman–Crippen LogP) is 8.01. The second-order valence-electron chi connectivity index (χ2n) is 10.6. The molecule has 31 heavy (non-hydrogen) atoms. The van der Waals surface area contributed by atoms with Gasteiger partial charge in [-0.1, -0.05) is 64.9 Å². The van der Waals surface area contributed by atoms with Crippen LogP contribution in [-0.2, 0) is 4.79 Å². The number of allylic oxidation sites excluding steroid dienone is 1. The molecule has 1 aromatic rings. The Morgan fingerprint density at radius 3 is 1.97 bits per heavy atom. The van der Waals surface area contributed by atoms with E-state index in [1.165, 1.54) is 82.6 Å². The minimum Gasteiger partial charge on any atom is -0.359 e. The summed E-state index contributed by atoms with van der Waals surface area (Å²) in [7, 11) is 0. The van der Waals surface area contributed by atoms with Crippen molar-refractivity contribution in [1.29, 1.82) is 0 Å². The van der Waals surface area contributed by atoms with Crippen molar-refractivity contribution in [2.45, 2.75) is 103 Å². The normalized spacial score (nSPS) is 25.7. The number of hydrogen-bond acceptors (Lipinski definition) is 2. The van der Waals surface area contributed by atoms with Crippen molar-refractivity contribution in [2.24, 2.45) is 17.8 Å². The van der Waals surface area contributed by atoms with Crippen molar-refractivity contribution in [3.63, 3.8) is 0 Å². The summed E-state index contributed by atoms with van der Waals surface area (Å²) in [6.45, 7) is 6.77. The Balaban J connectivity index is 1.49. The zero-order valence-corrected chi connectivity index (χ0v) is 19.6. The standard InChI is InChI=1S/C28H42N2O/c1-20-13-15-22(16-14-20)21(2)29-26-17-25(23-9-5-3-6-10-23)18-27(19-26)30-28(31)24-11-7-4-8-12-24/h17-20,22-24,29H,2-16H2,1H3,(H,30,31). The molecule has 0 unspecified atom stereocenters. The van der Waals surface area contributed by atoms with Crippen LogP contribution in [0.2, 0.25) is 0 Å². The van der Waals surface area contributed by atoms with Gasteiger partial charge in [0.25, 0.3) is 0 Å². The number of amides is 1. The molecule has 1 amide bonds. The summed E-state index contributed by atoms with van der Waals surface area (Å²) in [5, 5.41) is 6.93. The molecule has 1 aromatic carbocycles. The maximum Gasteiger partial charge on any atom is 0.227 e. The molecule has 0 radical (unpaired) electrons. The van der Waals surface area contributed by atoms with Crippen LogP contribution in [0.4, 0.5) is 11.4 Å². The van der Waals surface area contributed by atoms with Gasteiger partial charge in [-0.3, -0.25) is 4.79 Å². The van der Waals surface area contributed by atoms with Crippen LogP contribution in [0.5, 0.6) is 0 Å². The average molecular weight is 423 g/mol. The molecule has 3 nitrogen and oxygen atoms in total. The molecule has 0 heterocycles. The van der Waals surface area contributed by atoms with Crippen LogP contribution >= 0.6 is 0 Å². The van der Waals surface area contributed by atoms with Crippen LogP contribution in [-0.4, -0.2) is 5.91 Å². The van der Waals surface area contributed by atoms with Crippen LogP contribution in [0, 0.1) is 17.8 Å². The van der Waals surface area contributed by atoms with E-state index >= 15 is 0 Å². The summed E-state index contributed by atoms with van der Waals surface area (Å²) < 4.78 is 0. The van der Waals surface area contributed by atoms with Gasteiger partial charge < -0.3 is 10.6 Å². The van der Waals surface area contributed by atoms with Gasteiger partial charge in [0.15, 0.2) is 0 Å². The molecule has 170 valence electrons. The van der Waals surface area contributed by atoms with Gasteiger partial charge in [0, 0.05) is 23.0 Å². The first kappa shape index (κ1) is 22.4. The molecule has 4 rings (SSSR count). The zero-order valence-electron chi connectivity index (χ0n) is 19.6. The Hall–Kier alpha value is -1.77. The van der Waals surface area contributed by atoms with Crippen LogP contribution in [0.3, 0.4) is 0 Å². The van der Waals surface area contributed by atoms with Gasteiger partial charge >= 0.3 is 0 Å². The summed E-state index contributed by atoms with van der Waals surface area (Å²) in [6, 6.07) is 6.69. The Kier molecular flexibility index (Phi) is 7.74. The highest BCUT2D eigenvalue weighted by Gasteiger charge is 2.24. The maximum atomic E-state index is 12.9. The smallest absolute Gasteiger partial charge is 0.227 e. The third kappa shape index (κ3) is 6.14. The van der Waals surface area contributed by atoms with E-state index in [-0.39, 0.29) is 11.8 Å². The van der Waals surface area contributed by atoms with Gasteiger partial charge in [-0.2, -0.15) is 0 Å². The topological polar surface area (TPSA) is 41.1 Å². The molecule has 0 saturated heterocycles. The molecule has 3 aliphatic carbocycles. The van der Waals surface area contributed by atoms with Crippen LogP contribution in [0.15, 0.2) is 30.5 Å². The van der Waals surface area contributed by atoms with Crippen molar-refractivity contribution >= 4 is 17.3 Å². The fourth-order valence-corrected chi connectivity index (χ4v) is 5.97. The Bertz CT molecular complexity index is 750. The molecule has 0 aliphatic heterocycles. The quantitative estimate of drug-likeness (QED) is 0.487. The Morgan fingerprint density at radius 2 is 1.32 bits per heavy atom. The van der Waals surface area contributed by atoms with Crippen molar-refractivity contribution in [3.8, 4) is 0 Å². The summed E-state index contributed by atoms with van der Waals surface area (Å²) in [5.74, 6) is 2.42. The van der Waals surface area contributed by atoms with E-state index in [1.54, 1.807) is 0 Å². The van der Waals surface area contributed by atoms with Crippen molar-refractivity contribution in [3.05, 3.63) is 36.0 Å². The van der Waals surface area contributed by atoms with Gasteiger partial charge in [0.05, 0.1) is 0 Å². The monoisotopic (exact) mass is 422 g/mol. The lowest BCUT2D eigenvalue weighted by Gasteiger charge is -2.29. The fraction of sp³-hybridized carbons (Fsp3) is 0.679. The van der Waals surface area contributed by atoms with Gasteiger partial charge in [-0.25, -0.2) is 0 Å². The first-order valence-electron chi connectivity index (χ1n) is 13.0. The molecular weight excluding hydrogens is 380 g/mol. The minimum absolute atomic E-state index is 0.183. The van der Waals surface area contributed by atoms with Gasteiger partial charge in [-0.15, -0.1) is 0 Å². The summed E-state index contributed by atoms with van der Waals surface area (Å²) in [4.78, 5) is 12.9. The SMILES string of the molecule is C=C(Nc1cc(NC(=O)C2CCCCC2)cc(C2CCCCC2)c1)C1CCC(C)CC1. The molecule has 3 heteroatoms. The van der Waals surface area contributed by atoms with E-state index in [9.17, 15) is 4.79 Å².